The molecule has 2 unspecified atom stereocenters. The lowest BCUT2D eigenvalue weighted by Crippen LogP contribution is -2.62. The first-order chi connectivity index (χ1) is 9.49. The van der Waals surface area contributed by atoms with E-state index < -0.39 is 18.0 Å². The molecular formula is C12H19N3O5. The van der Waals surface area contributed by atoms with E-state index in [0.29, 0.717) is 26.1 Å². The molecule has 0 spiro atoms. The Morgan fingerprint density at radius 1 is 1.45 bits per heavy atom. The van der Waals surface area contributed by atoms with E-state index >= 15 is 0 Å². The van der Waals surface area contributed by atoms with Crippen molar-refractivity contribution in [3.63, 3.8) is 0 Å². The van der Waals surface area contributed by atoms with Gasteiger partial charge in [-0.05, 0) is 13.3 Å². The van der Waals surface area contributed by atoms with Crippen molar-refractivity contribution in [2.75, 3.05) is 32.8 Å². The summed E-state index contributed by atoms with van der Waals surface area (Å²) in [6, 6.07) is -1.43. The predicted molar refractivity (Wildman–Crippen MR) is 68.1 cm³/mol. The molecule has 2 atom stereocenters. The molecule has 2 fully saturated rings. The topological polar surface area (TPSA) is 99.2 Å². The van der Waals surface area contributed by atoms with Gasteiger partial charge in [0.05, 0.1) is 6.10 Å². The zero-order valence-electron chi connectivity index (χ0n) is 11.4. The smallest absolute Gasteiger partial charge is 0.328 e. The second-order valence-corrected chi connectivity index (χ2v) is 5.05. The van der Waals surface area contributed by atoms with Gasteiger partial charge in [0, 0.05) is 26.2 Å². The Kier molecular flexibility index (Phi) is 4.43. The molecule has 2 aliphatic rings. The van der Waals surface area contributed by atoms with E-state index in [1.807, 2.05) is 6.92 Å². The van der Waals surface area contributed by atoms with E-state index in [1.54, 1.807) is 4.90 Å². The molecule has 3 amide bonds. The van der Waals surface area contributed by atoms with Crippen LogP contribution in [0.5, 0.6) is 0 Å². The lowest BCUT2D eigenvalue weighted by molar-refractivity contribution is -0.144. The van der Waals surface area contributed by atoms with Crippen LogP contribution in [0.1, 0.15) is 13.3 Å². The van der Waals surface area contributed by atoms with Crippen molar-refractivity contribution in [2.45, 2.75) is 25.5 Å². The highest BCUT2D eigenvalue weighted by Crippen LogP contribution is 2.13. The van der Waals surface area contributed by atoms with Crippen molar-refractivity contribution in [1.29, 1.82) is 0 Å². The summed E-state index contributed by atoms with van der Waals surface area (Å²) in [5.41, 5.74) is 0. The third-order valence-corrected chi connectivity index (χ3v) is 3.44. The van der Waals surface area contributed by atoms with Crippen molar-refractivity contribution in [3.05, 3.63) is 0 Å². The minimum absolute atomic E-state index is 0.0558. The predicted octanol–water partition coefficient (Wildman–Crippen LogP) is -0.898. The molecular weight excluding hydrogens is 266 g/mol. The molecule has 2 saturated heterocycles. The van der Waals surface area contributed by atoms with Crippen LogP contribution in [0.25, 0.3) is 0 Å². The van der Waals surface area contributed by atoms with Crippen molar-refractivity contribution >= 4 is 17.9 Å². The Hall–Kier alpha value is -1.83. The number of carboxylic acids is 1. The van der Waals surface area contributed by atoms with Gasteiger partial charge in [-0.2, -0.15) is 0 Å². The van der Waals surface area contributed by atoms with Crippen LogP contribution in [0.2, 0.25) is 0 Å². The van der Waals surface area contributed by atoms with Crippen LogP contribution in [0.15, 0.2) is 0 Å². The SMILES string of the molecule is CC1CN(C(=O)N2CC(=O)NCC2C(=O)O)CCCO1. The second kappa shape index (κ2) is 6.08. The number of hydrogen-bond donors (Lipinski definition) is 2. The molecule has 2 aliphatic heterocycles. The molecule has 8 nitrogen and oxygen atoms in total. The highest BCUT2D eigenvalue weighted by Gasteiger charge is 2.37. The zero-order chi connectivity index (χ0) is 14.7. The maximum absolute atomic E-state index is 12.5. The minimum Gasteiger partial charge on any atom is -0.480 e. The fraction of sp³-hybridized carbons (Fsp3) is 0.750. The number of rotatable bonds is 1. The Bertz CT molecular complexity index is 414. The van der Waals surface area contributed by atoms with Crippen molar-refractivity contribution in [2.24, 2.45) is 0 Å². The molecule has 0 aromatic heterocycles. The summed E-state index contributed by atoms with van der Waals surface area (Å²) in [7, 11) is 0. The van der Waals surface area contributed by atoms with Crippen LogP contribution < -0.4 is 5.32 Å². The average Bonchev–Trinajstić information content (AvgIpc) is 2.62. The van der Waals surface area contributed by atoms with Gasteiger partial charge in [-0.3, -0.25) is 9.69 Å². The summed E-state index contributed by atoms with van der Waals surface area (Å²) in [4.78, 5) is 37.8. The third kappa shape index (κ3) is 3.19. The first-order valence-electron chi connectivity index (χ1n) is 6.65. The molecule has 0 radical (unpaired) electrons. The van der Waals surface area contributed by atoms with Gasteiger partial charge in [0.2, 0.25) is 5.91 Å². The number of nitrogens with one attached hydrogen (secondary N) is 1. The van der Waals surface area contributed by atoms with Crippen LogP contribution in [0.3, 0.4) is 0 Å². The second-order valence-electron chi connectivity index (χ2n) is 5.05. The normalized spacial score (nSPS) is 27.8. The largest absolute Gasteiger partial charge is 0.480 e. The monoisotopic (exact) mass is 285 g/mol. The Morgan fingerprint density at radius 2 is 2.20 bits per heavy atom. The molecule has 0 aromatic carbocycles. The molecule has 0 saturated carbocycles. The third-order valence-electron chi connectivity index (χ3n) is 3.44. The van der Waals surface area contributed by atoms with Crippen LogP contribution in [0, 0.1) is 0 Å². The summed E-state index contributed by atoms with van der Waals surface area (Å²) >= 11 is 0. The number of hydrogen-bond acceptors (Lipinski definition) is 4. The molecule has 112 valence electrons. The summed E-state index contributed by atoms with van der Waals surface area (Å²) in [6.45, 7) is 3.08. The summed E-state index contributed by atoms with van der Waals surface area (Å²) in [5, 5.41) is 11.6. The minimum atomic E-state index is -1.11. The van der Waals surface area contributed by atoms with Gasteiger partial charge in [0.15, 0.2) is 0 Å². The van der Waals surface area contributed by atoms with E-state index in [1.165, 1.54) is 0 Å². The van der Waals surface area contributed by atoms with Crippen molar-refractivity contribution < 1.29 is 24.2 Å². The quantitative estimate of drug-likeness (QED) is 0.650. The van der Waals surface area contributed by atoms with Crippen LogP contribution in [-0.4, -0.2) is 77.7 Å². The number of carbonyl (C=O) groups excluding carboxylic acids is 2. The highest BCUT2D eigenvalue weighted by atomic mass is 16.5. The molecule has 0 aliphatic carbocycles. The van der Waals surface area contributed by atoms with Gasteiger partial charge in [-0.15, -0.1) is 0 Å². The first kappa shape index (κ1) is 14.6. The van der Waals surface area contributed by atoms with Crippen LogP contribution >= 0.6 is 0 Å². The number of aliphatic carboxylic acids is 1. The van der Waals surface area contributed by atoms with Gasteiger partial charge in [-0.25, -0.2) is 9.59 Å². The first-order valence-corrected chi connectivity index (χ1v) is 6.65. The summed E-state index contributed by atoms with van der Waals surface area (Å²) in [6.07, 6.45) is 0.608. The van der Waals surface area contributed by atoms with Gasteiger partial charge in [0.25, 0.3) is 0 Å². The Balaban J connectivity index is 2.11. The molecule has 8 heteroatoms. The average molecular weight is 285 g/mol. The molecule has 2 N–H and O–H groups in total. The van der Waals surface area contributed by atoms with E-state index in [4.69, 9.17) is 9.84 Å². The van der Waals surface area contributed by atoms with Gasteiger partial charge < -0.3 is 20.1 Å². The fourth-order valence-corrected chi connectivity index (χ4v) is 2.41. The lowest BCUT2D eigenvalue weighted by atomic mass is 10.2. The fourth-order valence-electron chi connectivity index (χ4n) is 2.41. The highest BCUT2D eigenvalue weighted by molar-refractivity contribution is 5.90. The maximum Gasteiger partial charge on any atom is 0.328 e. The number of carboxylic acid groups (broad SMARTS) is 1. The molecule has 2 heterocycles. The van der Waals surface area contributed by atoms with E-state index in [0.717, 1.165) is 4.90 Å². The Labute approximate surface area is 116 Å². The standard InChI is InChI=1S/C12H19N3O5/c1-8-6-14(3-2-4-20-8)12(19)15-7-10(16)13-5-9(15)11(17)18/h8-9H,2-7H2,1H3,(H,13,16)(H,17,18). The van der Waals surface area contributed by atoms with Gasteiger partial charge >= 0.3 is 12.0 Å². The number of piperazine rings is 1. The van der Waals surface area contributed by atoms with Crippen molar-refractivity contribution in [3.8, 4) is 0 Å². The Morgan fingerprint density at radius 3 is 2.90 bits per heavy atom. The molecule has 0 bridgehead atoms. The number of carbonyl (C=O) groups is 3. The summed E-state index contributed by atoms with van der Waals surface area (Å²) in [5.74, 6) is -1.45. The van der Waals surface area contributed by atoms with E-state index in [2.05, 4.69) is 5.32 Å². The molecule has 0 aromatic rings. The van der Waals surface area contributed by atoms with Crippen LogP contribution in [0.4, 0.5) is 4.79 Å². The number of amides is 3. The van der Waals surface area contributed by atoms with Gasteiger partial charge in [0.1, 0.15) is 12.6 Å². The number of urea groups is 1. The number of nitrogens with zero attached hydrogens (tertiary/aromatic N) is 2. The molecule has 20 heavy (non-hydrogen) atoms. The summed E-state index contributed by atoms with van der Waals surface area (Å²) < 4.78 is 5.46. The molecule has 2 rings (SSSR count). The lowest BCUT2D eigenvalue weighted by Gasteiger charge is -2.36. The zero-order valence-corrected chi connectivity index (χ0v) is 11.4. The number of ether oxygens (including phenoxy) is 1. The van der Waals surface area contributed by atoms with Crippen molar-refractivity contribution in [1.82, 2.24) is 15.1 Å². The van der Waals surface area contributed by atoms with Gasteiger partial charge in [-0.1, -0.05) is 0 Å². The van der Waals surface area contributed by atoms with Crippen LogP contribution in [-0.2, 0) is 14.3 Å². The maximum atomic E-state index is 12.5. The van der Waals surface area contributed by atoms with E-state index in [-0.39, 0.29) is 25.1 Å². The van der Waals surface area contributed by atoms with E-state index in [9.17, 15) is 14.4 Å².